The lowest BCUT2D eigenvalue weighted by Crippen LogP contribution is -2.24. The van der Waals surface area contributed by atoms with E-state index in [-0.39, 0.29) is 4.61 Å². The van der Waals surface area contributed by atoms with E-state index in [9.17, 15) is 4.39 Å². The van der Waals surface area contributed by atoms with Gasteiger partial charge in [0.1, 0.15) is 4.61 Å². The number of nitrogens with zero attached hydrogens (tertiary/aromatic N) is 1. The Labute approximate surface area is 55.2 Å². The highest BCUT2D eigenvalue weighted by Crippen LogP contribution is 2.08. The van der Waals surface area contributed by atoms with Gasteiger partial charge < -0.3 is 10.7 Å². The summed E-state index contributed by atoms with van der Waals surface area (Å²) in [4.78, 5) is 0. The van der Waals surface area contributed by atoms with E-state index >= 15 is 0 Å². The first-order valence-corrected chi connectivity index (χ1v) is 2.64. The van der Waals surface area contributed by atoms with E-state index in [0.717, 1.165) is 5.01 Å². The van der Waals surface area contributed by atoms with Crippen LogP contribution in [-0.4, -0.2) is 12.1 Å². The molecule has 0 aromatic heterocycles. The fourth-order valence-electron chi connectivity index (χ4n) is 0.168. The fraction of sp³-hybridized carbons (Fsp3) is 0.333. The second-order valence-corrected chi connectivity index (χ2v) is 2.00. The zero-order chi connectivity index (χ0) is 6.73. The van der Waals surface area contributed by atoms with Gasteiger partial charge in [-0.2, -0.15) is 4.39 Å². The summed E-state index contributed by atoms with van der Waals surface area (Å²) in [5, 5.41) is 1.04. The molecule has 0 saturated heterocycles. The Kier molecular flexibility index (Phi) is 2.78. The van der Waals surface area contributed by atoms with E-state index in [4.69, 9.17) is 5.84 Å². The molecule has 0 aliphatic heterocycles. The van der Waals surface area contributed by atoms with Crippen LogP contribution in [0.3, 0.4) is 0 Å². The summed E-state index contributed by atoms with van der Waals surface area (Å²) in [5.74, 6) is 4.22. The molecule has 0 aromatic rings. The highest BCUT2D eigenvalue weighted by Gasteiger charge is 1.98. The molecule has 0 radical (unpaired) electrons. The number of nitrogens with two attached hydrogens (primary N) is 2. The number of hydrogen-bond acceptors (Lipinski definition) is 3. The van der Waals surface area contributed by atoms with Crippen molar-refractivity contribution < 1.29 is 4.39 Å². The molecular formula is C3H7BrFN3. The maximum absolute atomic E-state index is 11.8. The molecule has 0 amide bonds. The maximum atomic E-state index is 11.8. The van der Waals surface area contributed by atoms with E-state index in [1.54, 1.807) is 0 Å². The van der Waals surface area contributed by atoms with Gasteiger partial charge in [-0.25, -0.2) is 5.84 Å². The van der Waals surface area contributed by atoms with Crippen LogP contribution in [0.4, 0.5) is 4.39 Å². The van der Waals surface area contributed by atoms with Crippen LogP contribution in [0.2, 0.25) is 0 Å². The summed E-state index contributed by atoms with van der Waals surface area (Å²) in [6, 6.07) is 0. The normalized spacial score (nSPS) is 13.0. The molecule has 8 heavy (non-hydrogen) atoms. The minimum atomic E-state index is -0.824. The predicted octanol–water partition coefficient (Wildman–Crippen LogP) is 0.242. The minimum Gasteiger partial charge on any atom is -0.373 e. The Morgan fingerprint density at radius 2 is 2.12 bits per heavy atom. The molecule has 0 aromatic carbocycles. The second kappa shape index (κ2) is 2.88. The first-order valence-electron chi connectivity index (χ1n) is 1.85. The van der Waals surface area contributed by atoms with Gasteiger partial charge in [0.05, 0.1) is 0 Å². The highest BCUT2D eigenvalue weighted by atomic mass is 79.9. The van der Waals surface area contributed by atoms with E-state index in [1.807, 2.05) is 0 Å². The highest BCUT2D eigenvalue weighted by molar-refractivity contribution is 9.11. The molecule has 3 nitrogen and oxygen atoms in total. The number of hydrazine groups is 1. The van der Waals surface area contributed by atoms with Gasteiger partial charge in [0.15, 0.2) is 0 Å². The Bertz CT molecular complexity index is 107. The molecule has 0 spiro atoms. The van der Waals surface area contributed by atoms with Crippen LogP contribution in [0.25, 0.3) is 0 Å². The summed E-state index contributed by atoms with van der Waals surface area (Å²) in [7, 11) is 1.47. The lowest BCUT2D eigenvalue weighted by Gasteiger charge is -2.08. The average molecular weight is 184 g/mol. The first-order chi connectivity index (χ1) is 3.55. The molecule has 48 valence electrons. The van der Waals surface area contributed by atoms with E-state index in [1.165, 1.54) is 7.05 Å². The smallest absolute Gasteiger partial charge is 0.216 e. The fourth-order valence-corrected chi connectivity index (χ4v) is 0.168. The van der Waals surface area contributed by atoms with Gasteiger partial charge in [0.2, 0.25) is 5.95 Å². The molecule has 0 aliphatic rings. The SMILES string of the molecule is CN(N)/C(Br)=C(\N)F. The molecule has 0 fully saturated rings. The van der Waals surface area contributed by atoms with E-state index in [0.29, 0.717) is 0 Å². The molecule has 0 rings (SSSR count). The Morgan fingerprint density at radius 3 is 2.12 bits per heavy atom. The number of halogens is 2. The monoisotopic (exact) mass is 183 g/mol. The third-order valence-electron chi connectivity index (χ3n) is 0.507. The van der Waals surface area contributed by atoms with Crippen LogP contribution < -0.4 is 11.6 Å². The van der Waals surface area contributed by atoms with E-state index < -0.39 is 5.95 Å². The molecule has 0 heterocycles. The molecular weight excluding hydrogens is 177 g/mol. The van der Waals surface area contributed by atoms with Gasteiger partial charge in [-0.1, -0.05) is 0 Å². The van der Waals surface area contributed by atoms with Crippen molar-refractivity contribution in [3.8, 4) is 0 Å². The zero-order valence-corrected chi connectivity index (χ0v) is 5.94. The summed E-state index contributed by atoms with van der Waals surface area (Å²) in [5.41, 5.74) is 4.68. The van der Waals surface area contributed by atoms with Crippen molar-refractivity contribution in [3.05, 3.63) is 10.6 Å². The third-order valence-corrected chi connectivity index (χ3v) is 1.44. The quantitative estimate of drug-likeness (QED) is 0.348. The standard InChI is InChI=1S/C3H7BrFN3/c1-8(7)2(4)3(5)6/h6-7H2,1H3/b3-2-. The Morgan fingerprint density at radius 1 is 1.75 bits per heavy atom. The van der Waals surface area contributed by atoms with Gasteiger partial charge in [0.25, 0.3) is 0 Å². The molecule has 5 heteroatoms. The third kappa shape index (κ3) is 2.13. The molecule has 0 saturated carbocycles. The summed E-state index contributed by atoms with van der Waals surface area (Å²) in [6.45, 7) is 0. The Hall–Kier alpha value is -0.290. The molecule has 4 N–H and O–H groups in total. The topological polar surface area (TPSA) is 55.3 Å². The first kappa shape index (κ1) is 7.71. The number of rotatable bonds is 1. The summed E-state index contributed by atoms with van der Waals surface area (Å²) in [6.07, 6.45) is 0. The van der Waals surface area contributed by atoms with E-state index in [2.05, 4.69) is 21.7 Å². The summed E-state index contributed by atoms with van der Waals surface area (Å²) >= 11 is 2.79. The minimum absolute atomic E-state index is 0.0532. The Balaban J connectivity index is 4.00. The van der Waals surface area contributed by atoms with Gasteiger partial charge in [-0.05, 0) is 15.9 Å². The van der Waals surface area contributed by atoms with Crippen molar-refractivity contribution in [3.63, 3.8) is 0 Å². The van der Waals surface area contributed by atoms with Gasteiger partial charge >= 0.3 is 0 Å². The molecule has 0 aliphatic carbocycles. The van der Waals surface area contributed by atoms with Crippen LogP contribution in [-0.2, 0) is 0 Å². The van der Waals surface area contributed by atoms with Crippen molar-refractivity contribution in [1.29, 1.82) is 0 Å². The second-order valence-electron chi connectivity index (χ2n) is 1.25. The largest absolute Gasteiger partial charge is 0.373 e. The van der Waals surface area contributed by atoms with Gasteiger partial charge in [-0.15, -0.1) is 0 Å². The predicted molar refractivity (Wildman–Crippen MR) is 33.2 cm³/mol. The lowest BCUT2D eigenvalue weighted by atomic mass is 10.8. The summed E-state index contributed by atoms with van der Waals surface area (Å²) < 4.78 is 11.9. The number of hydrogen-bond donors (Lipinski definition) is 2. The van der Waals surface area contributed by atoms with Crippen molar-refractivity contribution in [1.82, 2.24) is 5.01 Å². The van der Waals surface area contributed by atoms with Crippen molar-refractivity contribution >= 4 is 15.9 Å². The van der Waals surface area contributed by atoms with Crippen LogP contribution in [0, 0.1) is 0 Å². The van der Waals surface area contributed by atoms with Crippen molar-refractivity contribution in [2.24, 2.45) is 11.6 Å². The maximum Gasteiger partial charge on any atom is 0.216 e. The average Bonchev–Trinajstić information content (AvgIpc) is 1.64. The van der Waals surface area contributed by atoms with Gasteiger partial charge in [0, 0.05) is 7.05 Å². The van der Waals surface area contributed by atoms with Crippen LogP contribution in [0.5, 0.6) is 0 Å². The molecule has 0 atom stereocenters. The van der Waals surface area contributed by atoms with Crippen LogP contribution in [0.1, 0.15) is 0 Å². The van der Waals surface area contributed by atoms with Crippen molar-refractivity contribution in [2.75, 3.05) is 7.05 Å². The van der Waals surface area contributed by atoms with Gasteiger partial charge in [-0.3, -0.25) is 0 Å². The van der Waals surface area contributed by atoms with Crippen molar-refractivity contribution in [2.45, 2.75) is 0 Å². The van der Waals surface area contributed by atoms with Crippen LogP contribution in [0.15, 0.2) is 10.6 Å². The van der Waals surface area contributed by atoms with Crippen LogP contribution >= 0.6 is 15.9 Å². The zero-order valence-electron chi connectivity index (χ0n) is 4.36. The lowest BCUT2D eigenvalue weighted by molar-refractivity contribution is 0.447. The molecule has 0 unspecified atom stereocenters. The molecule has 0 bridgehead atoms.